The fourth-order valence-corrected chi connectivity index (χ4v) is 5.51. The van der Waals surface area contributed by atoms with Gasteiger partial charge in [0.15, 0.2) is 22.1 Å². The lowest BCUT2D eigenvalue weighted by atomic mass is 9.97. The van der Waals surface area contributed by atoms with Gasteiger partial charge in [0.25, 0.3) is 5.91 Å². The summed E-state index contributed by atoms with van der Waals surface area (Å²) >= 11 is 1.39. The molecule has 36 heavy (non-hydrogen) atoms. The van der Waals surface area contributed by atoms with E-state index in [1.807, 2.05) is 32.9 Å². The largest absolute Gasteiger partial charge is 0.493 e. The van der Waals surface area contributed by atoms with E-state index in [4.69, 9.17) is 18.6 Å². The maximum atomic E-state index is 14.0. The Bertz CT molecular complexity index is 1530. The Morgan fingerprint density at radius 1 is 1.03 bits per heavy atom. The van der Waals surface area contributed by atoms with Gasteiger partial charge >= 0.3 is 0 Å². The highest BCUT2D eigenvalue weighted by Gasteiger charge is 2.45. The lowest BCUT2D eigenvalue weighted by molar-refractivity contribution is 0.0971. The predicted molar refractivity (Wildman–Crippen MR) is 138 cm³/mol. The zero-order chi connectivity index (χ0) is 25.7. The SMILES string of the molecule is CCc1ccc2oc3c(c(=O)c2c1)C(c1cc(OC)c(OC)c(OC)c1)N(c1nc(C)c(C)s1)C3=O. The van der Waals surface area contributed by atoms with Crippen molar-refractivity contribution in [2.75, 3.05) is 26.2 Å². The molecule has 0 aliphatic carbocycles. The summed E-state index contributed by atoms with van der Waals surface area (Å²) in [5.74, 6) is 0.839. The number of rotatable bonds is 6. The van der Waals surface area contributed by atoms with Crippen LogP contribution in [0, 0.1) is 13.8 Å². The average molecular weight is 507 g/mol. The van der Waals surface area contributed by atoms with Crippen LogP contribution in [0.25, 0.3) is 11.0 Å². The zero-order valence-corrected chi connectivity index (χ0v) is 21.7. The van der Waals surface area contributed by atoms with Crippen molar-refractivity contribution in [3.63, 3.8) is 0 Å². The lowest BCUT2D eigenvalue weighted by Gasteiger charge is -2.24. The molecule has 1 amide bonds. The first-order chi connectivity index (χ1) is 17.3. The van der Waals surface area contributed by atoms with Gasteiger partial charge in [-0.1, -0.05) is 13.0 Å². The molecule has 0 radical (unpaired) electrons. The number of thiazole rings is 1. The third-order valence-corrected chi connectivity index (χ3v) is 7.64. The van der Waals surface area contributed by atoms with Crippen LogP contribution in [0.5, 0.6) is 17.2 Å². The Hall–Kier alpha value is -3.85. The van der Waals surface area contributed by atoms with Crippen molar-refractivity contribution in [3.05, 3.63) is 73.6 Å². The first-order valence-electron chi connectivity index (χ1n) is 11.5. The molecule has 4 aromatic rings. The molecule has 2 aromatic heterocycles. The minimum atomic E-state index is -0.794. The quantitative estimate of drug-likeness (QED) is 0.355. The molecule has 5 rings (SSSR count). The molecule has 0 bridgehead atoms. The number of carbonyl (C=O) groups excluding carboxylic acids is 1. The Kier molecular flexibility index (Phi) is 5.96. The van der Waals surface area contributed by atoms with E-state index in [2.05, 4.69) is 4.98 Å². The molecule has 8 nitrogen and oxygen atoms in total. The molecular formula is C27H26N2O6S. The van der Waals surface area contributed by atoms with Crippen LogP contribution < -0.4 is 24.5 Å². The molecular weight excluding hydrogens is 480 g/mol. The normalized spacial score (nSPS) is 14.9. The molecule has 1 aliphatic heterocycles. The molecule has 0 fully saturated rings. The number of aromatic nitrogens is 1. The highest BCUT2D eigenvalue weighted by Crippen LogP contribution is 2.47. The van der Waals surface area contributed by atoms with Crippen LogP contribution >= 0.6 is 11.3 Å². The second kappa shape index (κ2) is 8.98. The lowest BCUT2D eigenvalue weighted by Crippen LogP contribution is -2.29. The van der Waals surface area contributed by atoms with Crippen LogP contribution in [0.15, 0.2) is 39.5 Å². The van der Waals surface area contributed by atoms with E-state index in [0.717, 1.165) is 22.6 Å². The van der Waals surface area contributed by atoms with Gasteiger partial charge in [-0.15, -0.1) is 11.3 Å². The first-order valence-corrected chi connectivity index (χ1v) is 12.3. The van der Waals surface area contributed by atoms with Gasteiger partial charge < -0.3 is 18.6 Å². The van der Waals surface area contributed by atoms with Crippen molar-refractivity contribution in [1.29, 1.82) is 0 Å². The summed E-state index contributed by atoms with van der Waals surface area (Å²) in [6.07, 6.45) is 0.769. The van der Waals surface area contributed by atoms with Gasteiger partial charge in [-0.25, -0.2) is 4.98 Å². The van der Waals surface area contributed by atoms with Gasteiger partial charge in [0, 0.05) is 4.88 Å². The van der Waals surface area contributed by atoms with Crippen molar-refractivity contribution in [2.45, 2.75) is 33.2 Å². The summed E-state index contributed by atoms with van der Waals surface area (Å²) < 4.78 is 22.7. The molecule has 1 unspecified atom stereocenters. The third-order valence-electron chi connectivity index (χ3n) is 6.57. The summed E-state index contributed by atoms with van der Waals surface area (Å²) in [5.41, 5.74) is 2.83. The summed E-state index contributed by atoms with van der Waals surface area (Å²) in [6, 6.07) is 8.19. The second-order valence-electron chi connectivity index (χ2n) is 8.53. The minimum Gasteiger partial charge on any atom is -0.493 e. The Balaban J connectivity index is 1.84. The van der Waals surface area contributed by atoms with Crippen LogP contribution in [0.3, 0.4) is 0 Å². The van der Waals surface area contributed by atoms with E-state index in [-0.39, 0.29) is 16.8 Å². The van der Waals surface area contributed by atoms with Crippen LogP contribution in [0.2, 0.25) is 0 Å². The van der Waals surface area contributed by atoms with Crippen molar-refractivity contribution in [3.8, 4) is 17.2 Å². The molecule has 0 N–H and O–H groups in total. The molecule has 0 saturated carbocycles. The fraction of sp³-hybridized carbons (Fsp3) is 0.296. The molecule has 2 aromatic carbocycles. The van der Waals surface area contributed by atoms with Crippen molar-refractivity contribution in [2.24, 2.45) is 0 Å². The molecule has 1 aliphatic rings. The minimum absolute atomic E-state index is 0.0148. The second-order valence-corrected chi connectivity index (χ2v) is 9.71. The highest BCUT2D eigenvalue weighted by molar-refractivity contribution is 7.15. The maximum Gasteiger partial charge on any atom is 0.297 e. The number of fused-ring (bicyclic) bond motifs is 2. The number of ether oxygens (including phenoxy) is 3. The Labute approximate surface area is 212 Å². The number of hydrogen-bond acceptors (Lipinski definition) is 8. The molecule has 0 spiro atoms. The van der Waals surface area contributed by atoms with Crippen molar-refractivity contribution in [1.82, 2.24) is 4.98 Å². The smallest absolute Gasteiger partial charge is 0.297 e. The predicted octanol–water partition coefficient (Wildman–Crippen LogP) is 5.20. The van der Waals surface area contributed by atoms with Gasteiger partial charge in [0.1, 0.15) is 5.58 Å². The van der Waals surface area contributed by atoms with Gasteiger partial charge in [-0.2, -0.15) is 0 Å². The van der Waals surface area contributed by atoms with Crippen molar-refractivity contribution >= 4 is 33.3 Å². The number of aryl methyl sites for hydroxylation is 3. The molecule has 186 valence electrons. The van der Waals surface area contributed by atoms with Crippen LogP contribution in [-0.2, 0) is 6.42 Å². The van der Waals surface area contributed by atoms with Gasteiger partial charge in [-0.3, -0.25) is 14.5 Å². The third kappa shape index (κ3) is 3.53. The molecule has 1 atom stereocenters. The average Bonchev–Trinajstić information content (AvgIpc) is 3.38. The van der Waals surface area contributed by atoms with E-state index in [0.29, 0.717) is 38.9 Å². The monoisotopic (exact) mass is 506 g/mol. The number of hydrogen-bond donors (Lipinski definition) is 0. The van der Waals surface area contributed by atoms with Gasteiger partial charge in [0.05, 0.1) is 44.0 Å². The van der Waals surface area contributed by atoms with E-state index >= 15 is 0 Å². The van der Waals surface area contributed by atoms with Crippen LogP contribution in [0.1, 0.15) is 50.8 Å². The van der Waals surface area contributed by atoms with E-state index in [1.54, 1.807) is 18.2 Å². The summed E-state index contributed by atoms with van der Waals surface area (Å²) in [6.45, 7) is 5.86. The number of nitrogens with zero attached hydrogens (tertiary/aromatic N) is 2. The number of anilines is 1. The van der Waals surface area contributed by atoms with Gasteiger partial charge in [0.2, 0.25) is 11.5 Å². The molecule has 9 heteroatoms. The number of amides is 1. The van der Waals surface area contributed by atoms with Crippen molar-refractivity contribution < 1.29 is 23.4 Å². The summed E-state index contributed by atoms with van der Waals surface area (Å²) in [7, 11) is 4.57. The molecule has 3 heterocycles. The standard InChI is InChI=1S/C27H26N2O6S/c1-7-15-8-9-18-17(10-15)23(30)21-22(16-11-19(32-4)24(34-6)20(12-16)33-5)29(26(31)25(21)35-18)27-28-13(2)14(3)36-27/h8-12,22H,7H2,1-6H3. The Morgan fingerprint density at radius 2 is 1.72 bits per heavy atom. The van der Waals surface area contributed by atoms with Crippen LogP contribution in [-0.4, -0.2) is 32.2 Å². The van der Waals surface area contributed by atoms with E-state index in [1.165, 1.54) is 37.6 Å². The number of carbonyl (C=O) groups is 1. The summed E-state index contributed by atoms with van der Waals surface area (Å²) in [4.78, 5) is 34.9. The number of methoxy groups -OCH3 is 3. The van der Waals surface area contributed by atoms with Crippen LogP contribution in [0.4, 0.5) is 5.13 Å². The van der Waals surface area contributed by atoms with Gasteiger partial charge in [-0.05, 0) is 55.7 Å². The topological polar surface area (TPSA) is 91.1 Å². The molecule has 0 saturated heterocycles. The fourth-order valence-electron chi connectivity index (χ4n) is 4.57. The first kappa shape index (κ1) is 23.9. The number of benzene rings is 2. The highest BCUT2D eigenvalue weighted by atomic mass is 32.1. The maximum absolute atomic E-state index is 14.0. The zero-order valence-electron chi connectivity index (χ0n) is 20.9. The Morgan fingerprint density at radius 3 is 2.28 bits per heavy atom. The van der Waals surface area contributed by atoms with E-state index < -0.39 is 11.9 Å². The summed E-state index contributed by atoms with van der Waals surface area (Å²) in [5, 5.41) is 0.921. The van der Waals surface area contributed by atoms with E-state index in [9.17, 15) is 9.59 Å².